The zero-order chi connectivity index (χ0) is 25.7. The predicted octanol–water partition coefficient (Wildman–Crippen LogP) is 7.09. The van der Waals surface area contributed by atoms with Gasteiger partial charge in [0, 0.05) is 11.5 Å². The fourth-order valence-electron chi connectivity index (χ4n) is 3.27. The van der Waals surface area contributed by atoms with Gasteiger partial charge in [-0.05, 0) is 84.4 Å². The van der Waals surface area contributed by atoms with E-state index < -0.39 is 0 Å². The van der Waals surface area contributed by atoms with Gasteiger partial charge >= 0.3 is 5.97 Å². The van der Waals surface area contributed by atoms with Crippen molar-refractivity contribution in [3.63, 3.8) is 0 Å². The standard InChI is InChI=1S/C27H22BrClN2O4S/c1-3-34-26(33)19-7-11-21(12-8-19)30-27-31(2)25(32)24(36-27)15-18-6-13-23(22(29)14-18)35-16-17-4-9-20(28)10-5-17/h4-15H,3,16H2,1-2H3. The lowest BCUT2D eigenvalue weighted by atomic mass is 10.2. The van der Waals surface area contributed by atoms with Crippen molar-refractivity contribution in [1.29, 1.82) is 0 Å². The SMILES string of the molecule is CCOC(=O)c1ccc(N=C2SC(=Cc3ccc(OCc4ccc(Br)cc4)c(Cl)c3)C(=O)N2C)cc1. The van der Waals surface area contributed by atoms with Crippen LogP contribution in [0.2, 0.25) is 5.02 Å². The third-order valence-electron chi connectivity index (χ3n) is 5.17. The average molecular weight is 586 g/mol. The number of hydrogen-bond donors (Lipinski definition) is 0. The third-order valence-corrected chi connectivity index (χ3v) is 7.05. The molecule has 1 amide bonds. The number of ether oxygens (including phenoxy) is 2. The molecule has 0 spiro atoms. The number of likely N-dealkylation sites (N-methyl/N-ethyl adjacent to an activating group) is 1. The van der Waals surface area contributed by atoms with Gasteiger partial charge in [0.05, 0.1) is 27.8 Å². The second kappa shape index (κ2) is 11.8. The van der Waals surface area contributed by atoms with Gasteiger partial charge in [-0.1, -0.05) is 45.7 Å². The number of rotatable bonds is 7. The zero-order valence-corrected chi connectivity index (χ0v) is 22.7. The Hall–Kier alpha value is -3.07. The number of carbonyl (C=O) groups is 2. The molecule has 9 heteroatoms. The summed E-state index contributed by atoms with van der Waals surface area (Å²) in [5.74, 6) is 0.0270. The quantitative estimate of drug-likeness (QED) is 0.219. The van der Waals surface area contributed by atoms with Crippen LogP contribution in [0.25, 0.3) is 6.08 Å². The van der Waals surface area contributed by atoms with E-state index in [1.54, 1.807) is 56.4 Å². The summed E-state index contributed by atoms with van der Waals surface area (Å²) < 4.78 is 11.9. The Bertz CT molecular complexity index is 1340. The number of esters is 1. The smallest absolute Gasteiger partial charge is 0.338 e. The molecular formula is C27H22BrClN2O4S. The van der Waals surface area contributed by atoms with Crippen molar-refractivity contribution >= 4 is 68.1 Å². The van der Waals surface area contributed by atoms with Crippen LogP contribution in [0.5, 0.6) is 5.75 Å². The molecule has 0 radical (unpaired) electrons. The molecule has 6 nitrogen and oxygen atoms in total. The molecule has 0 unspecified atom stereocenters. The summed E-state index contributed by atoms with van der Waals surface area (Å²) in [4.78, 5) is 31.2. The first-order valence-corrected chi connectivity index (χ1v) is 13.0. The Morgan fingerprint density at radius 2 is 1.83 bits per heavy atom. The van der Waals surface area contributed by atoms with Crippen molar-refractivity contribution < 1.29 is 19.1 Å². The minimum Gasteiger partial charge on any atom is -0.487 e. The molecule has 1 heterocycles. The Balaban J connectivity index is 1.45. The second-order valence-corrected chi connectivity index (χ2v) is 10.1. The Morgan fingerprint density at radius 1 is 1.11 bits per heavy atom. The number of aliphatic imine (C=N–C) groups is 1. The van der Waals surface area contributed by atoms with E-state index in [4.69, 9.17) is 21.1 Å². The number of amides is 1. The minimum absolute atomic E-state index is 0.159. The van der Waals surface area contributed by atoms with E-state index in [0.717, 1.165) is 15.6 Å². The summed E-state index contributed by atoms with van der Waals surface area (Å²) in [5, 5.41) is 0.997. The van der Waals surface area contributed by atoms with Crippen molar-refractivity contribution in [3.8, 4) is 5.75 Å². The Labute approximate surface area is 227 Å². The van der Waals surface area contributed by atoms with Crippen LogP contribution in [0.4, 0.5) is 5.69 Å². The monoisotopic (exact) mass is 584 g/mol. The second-order valence-electron chi connectivity index (χ2n) is 7.74. The lowest BCUT2D eigenvalue weighted by Gasteiger charge is -2.09. The summed E-state index contributed by atoms with van der Waals surface area (Å²) in [6.45, 7) is 2.47. The van der Waals surface area contributed by atoms with Crippen molar-refractivity contribution in [1.82, 2.24) is 4.90 Å². The lowest BCUT2D eigenvalue weighted by molar-refractivity contribution is -0.121. The molecule has 0 bridgehead atoms. The van der Waals surface area contributed by atoms with Crippen molar-refractivity contribution in [3.05, 3.63) is 97.8 Å². The van der Waals surface area contributed by atoms with Crippen LogP contribution in [0.3, 0.4) is 0 Å². The molecule has 4 rings (SSSR count). The van der Waals surface area contributed by atoms with Gasteiger partial charge in [0.25, 0.3) is 5.91 Å². The zero-order valence-electron chi connectivity index (χ0n) is 19.5. The molecule has 0 saturated carbocycles. The van der Waals surface area contributed by atoms with Crippen LogP contribution in [-0.2, 0) is 16.1 Å². The average Bonchev–Trinajstić information content (AvgIpc) is 3.12. The molecule has 1 aliphatic heterocycles. The molecule has 3 aromatic rings. The third kappa shape index (κ3) is 6.37. The summed E-state index contributed by atoms with van der Waals surface area (Å²) in [6, 6.07) is 20.0. The largest absolute Gasteiger partial charge is 0.487 e. The molecule has 0 aliphatic carbocycles. The van der Waals surface area contributed by atoms with Crippen LogP contribution < -0.4 is 4.74 Å². The van der Waals surface area contributed by atoms with Crippen molar-refractivity contribution in [2.75, 3.05) is 13.7 Å². The van der Waals surface area contributed by atoms with Crippen LogP contribution in [0.1, 0.15) is 28.4 Å². The van der Waals surface area contributed by atoms with E-state index in [2.05, 4.69) is 20.9 Å². The predicted molar refractivity (Wildman–Crippen MR) is 148 cm³/mol. The van der Waals surface area contributed by atoms with Crippen LogP contribution in [0, 0.1) is 0 Å². The normalized spacial score (nSPS) is 15.6. The molecule has 0 aromatic heterocycles. The molecular weight excluding hydrogens is 564 g/mol. The van der Waals surface area contributed by atoms with E-state index in [-0.39, 0.29) is 11.9 Å². The van der Waals surface area contributed by atoms with Gasteiger partial charge in [0.15, 0.2) is 5.17 Å². The number of amidine groups is 1. The number of hydrogen-bond acceptors (Lipinski definition) is 6. The number of benzene rings is 3. The number of carbonyl (C=O) groups excluding carboxylic acids is 2. The topological polar surface area (TPSA) is 68.2 Å². The maximum absolute atomic E-state index is 12.8. The van der Waals surface area contributed by atoms with E-state index >= 15 is 0 Å². The van der Waals surface area contributed by atoms with E-state index in [1.807, 2.05) is 30.3 Å². The number of thioether (sulfide) groups is 1. The van der Waals surface area contributed by atoms with Gasteiger partial charge in [0.2, 0.25) is 0 Å². The van der Waals surface area contributed by atoms with Gasteiger partial charge < -0.3 is 9.47 Å². The maximum Gasteiger partial charge on any atom is 0.338 e. The first kappa shape index (κ1) is 26.0. The molecule has 1 saturated heterocycles. The summed E-state index contributed by atoms with van der Waals surface area (Å²) in [6.07, 6.45) is 1.78. The highest BCUT2D eigenvalue weighted by Gasteiger charge is 2.30. The fourth-order valence-corrected chi connectivity index (χ4v) is 4.76. The molecule has 36 heavy (non-hydrogen) atoms. The molecule has 1 fully saturated rings. The highest BCUT2D eigenvalue weighted by molar-refractivity contribution is 9.10. The highest BCUT2D eigenvalue weighted by Crippen LogP contribution is 2.34. The number of nitrogens with zero attached hydrogens (tertiary/aromatic N) is 2. The summed E-state index contributed by atoms with van der Waals surface area (Å²) in [5.41, 5.74) is 2.88. The van der Waals surface area contributed by atoms with Gasteiger partial charge in [0.1, 0.15) is 12.4 Å². The summed E-state index contributed by atoms with van der Waals surface area (Å²) >= 11 is 11.1. The van der Waals surface area contributed by atoms with Gasteiger partial charge in [-0.2, -0.15) is 0 Å². The fraction of sp³-hybridized carbons (Fsp3) is 0.148. The van der Waals surface area contributed by atoms with E-state index in [9.17, 15) is 9.59 Å². The first-order chi connectivity index (χ1) is 17.3. The minimum atomic E-state index is -0.382. The molecule has 0 N–H and O–H groups in total. The molecule has 184 valence electrons. The van der Waals surface area contributed by atoms with Crippen LogP contribution in [0.15, 0.2) is 81.1 Å². The maximum atomic E-state index is 12.8. The van der Waals surface area contributed by atoms with Crippen molar-refractivity contribution in [2.24, 2.45) is 4.99 Å². The van der Waals surface area contributed by atoms with Crippen LogP contribution >= 0.6 is 39.3 Å². The first-order valence-electron chi connectivity index (χ1n) is 11.0. The van der Waals surface area contributed by atoms with Crippen molar-refractivity contribution in [2.45, 2.75) is 13.5 Å². The molecule has 1 aliphatic rings. The van der Waals surface area contributed by atoms with E-state index in [0.29, 0.717) is 45.3 Å². The summed E-state index contributed by atoms with van der Waals surface area (Å²) in [7, 11) is 1.67. The Kier molecular flexibility index (Phi) is 8.51. The molecule has 0 atom stereocenters. The molecule has 3 aromatic carbocycles. The highest BCUT2D eigenvalue weighted by atomic mass is 79.9. The Morgan fingerprint density at radius 3 is 2.50 bits per heavy atom. The lowest BCUT2D eigenvalue weighted by Crippen LogP contribution is -2.23. The van der Waals surface area contributed by atoms with E-state index in [1.165, 1.54) is 16.7 Å². The van der Waals surface area contributed by atoms with Crippen LogP contribution in [-0.4, -0.2) is 35.6 Å². The van der Waals surface area contributed by atoms with Gasteiger partial charge in [-0.3, -0.25) is 9.69 Å². The van der Waals surface area contributed by atoms with Gasteiger partial charge in [-0.15, -0.1) is 0 Å². The van der Waals surface area contributed by atoms with Gasteiger partial charge in [-0.25, -0.2) is 9.79 Å². The number of halogens is 2.